The lowest BCUT2D eigenvalue weighted by atomic mass is 9.90. The van der Waals surface area contributed by atoms with E-state index in [-0.39, 0.29) is 68.6 Å². The van der Waals surface area contributed by atoms with Crippen molar-refractivity contribution >= 4 is 75.7 Å². The Morgan fingerprint density at radius 3 is 2.45 bits per heavy atom. The predicted molar refractivity (Wildman–Crippen MR) is 233 cm³/mol. The van der Waals surface area contributed by atoms with Crippen molar-refractivity contribution in [3.63, 3.8) is 0 Å². The molecule has 7 rings (SSSR count). The van der Waals surface area contributed by atoms with E-state index in [1.807, 2.05) is 13.8 Å². The largest absolute Gasteiger partial charge is 0.510 e. The number of rotatable bonds is 16. The molecule has 6 atom stereocenters. The minimum atomic E-state index is -5.46. The van der Waals surface area contributed by atoms with Crippen molar-refractivity contribution in [1.29, 1.82) is 0 Å². The van der Waals surface area contributed by atoms with Gasteiger partial charge >= 0.3 is 19.4 Å². The first kappa shape index (κ1) is 48.3. The average molecular weight is 955 g/mol. The molecule has 4 amide bonds. The number of ether oxygens (including phenoxy) is 3. The number of carbonyl (C=O) groups excluding carboxylic acids is 6. The Hall–Kier alpha value is -3.68. The first-order valence-electron chi connectivity index (χ1n) is 21.9. The quantitative estimate of drug-likeness (QED) is 0.0822. The molecule has 0 spiro atoms. The highest BCUT2D eigenvalue weighted by Crippen LogP contribution is 2.67. The van der Waals surface area contributed by atoms with Crippen LogP contribution in [0.15, 0.2) is 24.3 Å². The molecule has 352 valence electrons. The monoisotopic (exact) mass is 954 g/mol. The number of thioether (sulfide) groups is 1. The highest BCUT2D eigenvalue weighted by atomic mass is 32.2. The normalized spacial score (nSPS) is 25.8. The Balaban J connectivity index is 1.04. The van der Waals surface area contributed by atoms with Gasteiger partial charge in [-0.2, -0.15) is 8.78 Å². The Morgan fingerprint density at radius 2 is 1.75 bits per heavy atom. The number of hydrogen-bond donors (Lipinski definition) is 1. The van der Waals surface area contributed by atoms with Crippen LogP contribution in [0.1, 0.15) is 88.4 Å². The maximum absolute atomic E-state index is 16.4. The zero-order chi connectivity index (χ0) is 46.1. The van der Waals surface area contributed by atoms with Crippen LogP contribution in [0.5, 0.6) is 0 Å². The van der Waals surface area contributed by atoms with Gasteiger partial charge in [-0.1, -0.05) is 38.6 Å². The number of amides is 4. The Bertz CT molecular complexity index is 2160. The van der Waals surface area contributed by atoms with Crippen molar-refractivity contribution in [3.8, 4) is 0 Å². The lowest BCUT2D eigenvalue weighted by Crippen LogP contribution is -2.62. The first-order chi connectivity index (χ1) is 30.3. The van der Waals surface area contributed by atoms with Gasteiger partial charge in [0.05, 0.1) is 36.7 Å². The molecule has 0 bridgehead atoms. The van der Waals surface area contributed by atoms with Crippen LogP contribution in [-0.2, 0) is 52.7 Å². The summed E-state index contributed by atoms with van der Waals surface area (Å²) < 4.78 is 72.2. The van der Waals surface area contributed by atoms with Crippen molar-refractivity contribution in [3.05, 3.63) is 34.7 Å². The summed E-state index contributed by atoms with van der Waals surface area (Å²) >= 11 is 1.86. The molecule has 5 aliphatic rings. The smallest absolute Gasteiger partial charge is 0.432 e. The third-order valence-corrected chi connectivity index (χ3v) is 16.5. The molecule has 1 aromatic heterocycles. The Labute approximate surface area is 379 Å². The summed E-state index contributed by atoms with van der Waals surface area (Å²) in [5.41, 5.74) is -5.23. The fourth-order valence-electron chi connectivity index (χ4n) is 9.06. The number of fused-ring (bicyclic) bond motifs is 3. The van der Waals surface area contributed by atoms with Crippen molar-refractivity contribution in [2.45, 2.75) is 103 Å². The number of halogens is 2. The van der Waals surface area contributed by atoms with Crippen LogP contribution in [-0.4, -0.2) is 132 Å². The molecule has 2 aromatic rings. The predicted octanol–water partition coefficient (Wildman–Crippen LogP) is 6.60. The first-order valence-corrected chi connectivity index (χ1v) is 25.2. The van der Waals surface area contributed by atoms with Crippen LogP contribution in [0.25, 0.3) is 10.1 Å². The number of nitrogens with one attached hydrogen (secondary N) is 1. The molecule has 1 aromatic carbocycles. The zero-order valence-electron chi connectivity index (χ0n) is 36.7. The molecule has 0 radical (unpaired) electrons. The number of morpholine rings is 1. The van der Waals surface area contributed by atoms with Gasteiger partial charge in [-0.05, 0) is 86.8 Å². The maximum Gasteiger partial charge on any atom is 0.510 e. The van der Waals surface area contributed by atoms with Gasteiger partial charge in [0.2, 0.25) is 24.5 Å². The molecule has 64 heavy (non-hydrogen) atoms. The molecule has 1 saturated carbocycles. The number of hydrogen-bond acceptors (Lipinski definition) is 14. The van der Waals surface area contributed by atoms with Gasteiger partial charge in [0, 0.05) is 54.7 Å². The second kappa shape index (κ2) is 19.7. The van der Waals surface area contributed by atoms with Gasteiger partial charge in [0.15, 0.2) is 5.12 Å². The van der Waals surface area contributed by atoms with E-state index in [2.05, 4.69) is 12.2 Å². The van der Waals surface area contributed by atoms with E-state index in [1.54, 1.807) is 28.5 Å². The fourth-order valence-corrected chi connectivity index (χ4v) is 12.4. The van der Waals surface area contributed by atoms with Crippen LogP contribution >= 0.6 is 30.7 Å². The van der Waals surface area contributed by atoms with Crippen molar-refractivity contribution in [2.24, 2.45) is 23.2 Å². The Morgan fingerprint density at radius 1 is 1.02 bits per heavy atom. The third-order valence-electron chi connectivity index (χ3n) is 12.6. The highest BCUT2D eigenvalue weighted by molar-refractivity contribution is 8.13. The van der Waals surface area contributed by atoms with Crippen molar-refractivity contribution in [1.82, 2.24) is 20.0 Å². The van der Waals surface area contributed by atoms with E-state index >= 15 is 8.78 Å². The molecule has 4 saturated heterocycles. The molecule has 16 nitrogen and oxygen atoms in total. The number of thiophene rings is 1. The lowest BCUT2D eigenvalue weighted by molar-refractivity contribution is -0.157. The van der Waals surface area contributed by atoms with Gasteiger partial charge in [0.25, 0.3) is 5.91 Å². The average Bonchev–Trinajstić information content (AvgIpc) is 3.50. The summed E-state index contributed by atoms with van der Waals surface area (Å²) in [5.74, 6) is -1.11. The van der Waals surface area contributed by atoms with E-state index in [0.29, 0.717) is 69.3 Å². The summed E-state index contributed by atoms with van der Waals surface area (Å²) in [7, 11) is -5.46. The van der Waals surface area contributed by atoms with Crippen LogP contribution in [0.2, 0.25) is 0 Å². The fraction of sp³-hybridized carbons (Fsp3) is 0.674. The summed E-state index contributed by atoms with van der Waals surface area (Å²) in [4.78, 5) is 84.8. The summed E-state index contributed by atoms with van der Waals surface area (Å²) in [6.45, 7) is 9.78. The maximum atomic E-state index is 16.4. The molecular weight excluding hydrogens is 898 g/mol. The van der Waals surface area contributed by atoms with E-state index < -0.39 is 62.5 Å². The molecule has 3 unspecified atom stereocenters. The molecule has 21 heteroatoms. The second-order valence-corrected chi connectivity index (χ2v) is 22.6. The summed E-state index contributed by atoms with van der Waals surface area (Å²) in [5, 5.41) is 2.95. The summed E-state index contributed by atoms with van der Waals surface area (Å²) in [6.07, 6.45) is 1.59. The molecule has 4 aliphatic heterocycles. The van der Waals surface area contributed by atoms with Crippen LogP contribution in [0.4, 0.5) is 13.6 Å². The molecule has 5 fully saturated rings. The standard InChI is InChI=1S/C43H57F2N4O12PS2/c1-25(2)16-36(50)63-15-14-59-62(56,60-24-58-41(55)61-26(3)4)43(44,45)29-6-9-34-27(17-29)18-35(64-34)37(51)46-32-21-42(5)20-30(42)19-31-7-8-33(49(31)39(32)53)40(54)48-22-28(23-48)38(52)47-10-12-57-13-11-47/h6,9,17-18,25-26,28,30-33H,7-8,10-16,19-24H2,1-5H3,(H,46,51)/t30-,31+,32?,33-,42?,62?/m0/s1. The van der Waals surface area contributed by atoms with Gasteiger partial charge in [-0.15, -0.1) is 11.3 Å². The van der Waals surface area contributed by atoms with E-state index in [9.17, 15) is 33.3 Å². The summed E-state index contributed by atoms with van der Waals surface area (Å²) in [6, 6.07) is 3.02. The second-order valence-electron chi connectivity index (χ2n) is 18.3. The van der Waals surface area contributed by atoms with E-state index in [4.69, 9.17) is 23.3 Å². The van der Waals surface area contributed by atoms with E-state index in [1.165, 1.54) is 12.1 Å². The van der Waals surface area contributed by atoms with Gasteiger partial charge in [0.1, 0.15) is 12.1 Å². The van der Waals surface area contributed by atoms with Crippen molar-refractivity contribution < 1.29 is 65.4 Å². The highest BCUT2D eigenvalue weighted by Gasteiger charge is 2.59. The van der Waals surface area contributed by atoms with Crippen molar-refractivity contribution in [2.75, 3.05) is 58.5 Å². The third kappa shape index (κ3) is 10.6. The SMILES string of the molecule is CC(C)CC(=O)SCCOP(=O)(OCOC(=O)OC(C)C)C(F)(F)c1ccc2sc(C(=O)NC3CC4(C)C[C@@H]4C[C@H]4CC[C@@H](C(=O)N5CC(C(=O)N6CCOCC6)C5)N4C3=O)cc2c1. The number of carbonyl (C=O) groups is 6. The van der Waals surface area contributed by atoms with Gasteiger partial charge < -0.3 is 38.8 Å². The van der Waals surface area contributed by atoms with E-state index in [0.717, 1.165) is 48.1 Å². The topological polar surface area (TPSA) is 187 Å². The molecular formula is C43H57F2N4O12PS2. The number of likely N-dealkylation sites (tertiary alicyclic amines) is 1. The number of nitrogens with zero attached hydrogens (tertiary/aromatic N) is 3. The van der Waals surface area contributed by atoms with Crippen LogP contribution in [0, 0.1) is 23.2 Å². The zero-order valence-corrected chi connectivity index (χ0v) is 39.2. The number of benzene rings is 1. The molecule has 1 N–H and O–H groups in total. The minimum Gasteiger partial charge on any atom is -0.432 e. The van der Waals surface area contributed by atoms with Gasteiger partial charge in [-0.3, -0.25) is 33.1 Å². The van der Waals surface area contributed by atoms with Crippen LogP contribution < -0.4 is 5.32 Å². The lowest BCUT2D eigenvalue weighted by Gasteiger charge is -2.44. The van der Waals surface area contributed by atoms with Crippen LogP contribution in [0.3, 0.4) is 0 Å². The molecule has 5 heterocycles. The minimum absolute atomic E-state index is 0.00816. The number of alkyl halides is 2. The van der Waals surface area contributed by atoms with Gasteiger partial charge in [-0.25, -0.2) is 4.79 Å². The molecule has 1 aliphatic carbocycles. The Kier molecular flexibility index (Phi) is 14.8.